The lowest BCUT2D eigenvalue weighted by Crippen LogP contribution is -2.29. The molecule has 0 aliphatic carbocycles. The van der Waals surface area contributed by atoms with Crippen LogP contribution >= 0.6 is 11.3 Å². The van der Waals surface area contributed by atoms with Gasteiger partial charge in [0.25, 0.3) is 5.91 Å². The van der Waals surface area contributed by atoms with Gasteiger partial charge in [-0.1, -0.05) is 19.1 Å². The first-order valence-electron chi connectivity index (χ1n) is 7.45. The second-order valence-electron chi connectivity index (χ2n) is 5.27. The summed E-state index contributed by atoms with van der Waals surface area (Å²) < 4.78 is 0. The Morgan fingerprint density at radius 3 is 2.95 bits per heavy atom. The Labute approximate surface area is 129 Å². The SMILES string of the molecule is CCc1ccc(CNC(=O)c2cccc3c2CCNC3)s1. The predicted octanol–water partition coefficient (Wildman–Crippen LogP) is 2.89. The van der Waals surface area contributed by atoms with Gasteiger partial charge in [-0.05, 0) is 48.7 Å². The summed E-state index contributed by atoms with van der Waals surface area (Å²) >= 11 is 1.77. The number of carbonyl (C=O) groups excluding carboxylic acids is 1. The first kappa shape index (κ1) is 14.3. The fourth-order valence-corrected chi connectivity index (χ4v) is 3.61. The van der Waals surface area contributed by atoms with Gasteiger partial charge in [-0.3, -0.25) is 4.79 Å². The lowest BCUT2D eigenvalue weighted by atomic mass is 9.95. The molecule has 1 aliphatic rings. The van der Waals surface area contributed by atoms with E-state index in [4.69, 9.17) is 0 Å². The molecule has 0 unspecified atom stereocenters. The number of benzene rings is 1. The molecule has 21 heavy (non-hydrogen) atoms. The molecule has 110 valence electrons. The van der Waals surface area contributed by atoms with Crippen LogP contribution in [0.3, 0.4) is 0 Å². The number of amides is 1. The summed E-state index contributed by atoms with van der Waals surface area (Å²) in [5.74, 6) is 0.0419. The van der Waals surface area contributed by atoms with Crippen LogP contribution in [0.15, 0.2) is 30.3 Å². The van der Waals surface area contributed by atoms with Crippen LogP contribution in [0.4, 0.5) is 0 Å². The first-order chi connectivity index (χ1) is 10.3. The number of hydrogen-bond acceptors (Lipinski definition) is 3. The van der Waals surface area contributed by atoms with Gasteiger partial charge in [0.1, 0.15) is 0 Å². The number of carbonyl (C=O) groups is 1. The third kappa shape index (κ3) is 3.17. The molecule has 1 amide bonds. The van der Waals surface area contributed by atoms with Gasteiger partial charge in [0.15, 0.2) is 0 Å². The van der Waals surface area contributed by atoms with Crippen molar-refractivity contribution in [2.45, 2.75) is 32.9 Å². The topological polar surface area (TPSA) is 41.1 Å². The van der Waals surface area contributed by atoms with Crippen molar-refractivity contribution in [2.24, 2.45) is 0 Å². The molecule has 1 aliphatic heterocycles. The van der Waals surface area contributed by atoms with Crippen LogP contribution in [0.2, 0.25) is 0 Å². The fourth-order valence-electron chi connectivity index (χ4n) is 2.71. The maximum atomic E-state index is 12.4. The van der Waals surface area contributed by atoms with E-state index < -0.39 is 0 Å². The second-order valence-corrected chi connectivity index (χ2v) is 6.53. The lowest BCUT2D eigenvalue weighted by Gasteiger charge is -2.19. The Hall–Kier alpha value is -1.65. The van der Waals surface area contributed by atoms with E-state index in [0.717, 1.165) is 31.5 Å². The number of hydrogen-bond donors (Lipinski definition) is 2. The highest BCUT2D eigenvalue weighted by molar-refractivity contribution is 7.11. The Morgan fingerprint density at radius 1 is 1.29 bits per heavy atom. The molecule has 0 spiro atoms. The van der Waals surface area contributed by atoms with Gasteiger partial charge in [0.05, 0.1) is 6.54 Å². The zero-order valence-electron chi connectivity index (χ0n) is 12.2. The predicted molar refractivity (Wildman–Crippen MR) is 86.7 cm³/mol. The molecule has 2 N–H and O–H groups in total. The zero-order valence-corrected chi connectivity index (χ0v) is 13.1. The summed E-state index contributed by atoms with van der Waals surface area (Å²) in [6.07, 6.45) is 1.98. The van der Waals surface area contributed by atoms with E-state index in [2.05, 4.69) is 35.8 Å². The van der Waals surface area contributed by atoms with E-state index >= 15 is 0 Å². The zero-order chi connectivity index (χ0) is 14.7. The highest BCUT2D eigenvalue weighted by Gasteiger charge is 2.17. The molecule has 3 rings (SSSR count). The van der Waals surface area contributed by atoms with Crippen molar-refractivity contribution in [1.29, 1.82) is 0 Å². The van der Waals surface area contributed by atoms with Crippen molar-refractivity contribution in [1.82, 2.24) is 10.6 Å². The van der Waals surface area contributed by atoms with Crippen molar-refractivity contribution in [3.8, 4) is 0 Å². The van der Waals surface area contributed by atoms with Crippen molar-refractivity contribution in [2.75, 3.05) is 6.54 Å². The van der Waals surface area contributed by atoms with Gasteiger partial charge >= 0.3 is 0 Å². The van der Waals surface area contributed by atoms with Crippen LogP contribution in [0.5, 0.6) is 0 Å². The average molecular weight is 300 g/mol. The van der Waals surface area contributed by atoms with Gasteiger partial charge in [0, 0.05) is 21.9 Å². The average Bonchev–Trinajstić information content (AvgIpc) is 3.00. The van der Waals surface area contributed by atoms with Crippen molar-refractivity contribution in [3.05, 3.63) is 56.8 Å². The van der Waals surface area contributed by atoms with E-state index in [-0.39, 0.29) is 5.91 Å². The van der Waals surface area contributed by atoms with E-state index in [0.29, 0.717) is 6.54 Å². The summed E-state index contributed by atoms with van der Waals surface area (Å²) in [6.45, 7) is 4.58. The number of fused-ring (bicyclic) bond motifs is 1. The number of aryl methyl sites for hydroxylation is 1. The Kier molecular flexibility index (Phi) is 4.36. The molecule has 0 saturated heterocycles. The smallest absolute Gasteiger partial charge is 0.251 e. The molecule has 1 aromatic carbocycles. The largest absolute Gasteiger partial charge is 0.347 e. The van der Waals surface area contributed by atoms with E-state index in [9.17, 15) is 4.79 Å². The normalized spacial score (nSPS) is 13.8. The lowest BCUT2D eigenvalue weighted by molar-refractivity contribution is 0.0950. The van der Waals surface area contributed by atoms with E-state index in [1.54, 1.807) is 11.3 Å². The number of thiophene rings is 1. The van der Waals surface area contributed by atoms with Crippen LogP contribution in [-0.4, -0.2) is 12.5 Å². The Balaban J connectivity index is 1.71. The molecule has 2 heterocycles. The van der Waals surface area contributed by atoms with Gasteiger partial charge in [0.2, 0.25) is 0 Å². The maximum absolute atomic E-state index is 12.4. The van der Waals surface area contributed by atoms with Crippen LogP contribution in [0.25, 0.3) is 0 Å². The van der Waals surface area contributed by atoms with Crippen molar-refractivity contribution >= 4 is 17.2 Å². The maximum Gasteiger partial charge on any atom is 0.251 e. The minimum atomic E-state index is 0.0419. The van der Waals surface area contributed by atoms with Gasteiger partial charge in [-0.2, -0.15) is 0 Å². The van der Waals surface area contributed by atoms with Crippen molar-refractivity contribution in [3.63, 3.8) is 0 Å². The summed E-state index contributed by atoms with van der Waals surface area (Å²) in [4.78, 5) is 15.0. The fraction of sp³-hybridized carbons (Fsp3) is 0.353. The molecule has 4 heteroatoms. The molecule has 0 bridgehead atoms. The Bertz CT molecular complexity index is 648. The highest BCUT2D eigenvalue weighted by Crippen LogP contribution is 2.20. The molecule has 0 fully saturated rings. The van der Waals surface area contributed by atoms with Crippen LogP contribution in [-0.2, 0) is 25.9 Å². The second kappa shape index (κ2) is 6.41. The van der Waals surface area contributed by atoms with Gasteiger partial charge in [-0.15, -0.1) is 11.3 Å². The molecular formula is C17H20N2OS. The highest BCUT2D eigenvalue weighted by atomic mass is 32.1. The minimum Gasteiger partial charge on any atom is -0.347 e. The summed E-state index contributed by atoms with van der Waals surface area (Å²) in [5, 5.41) is 6.40. The summed E-state index contributed by atoms with van der Waals surface area (Å²) in [7, 11) is 0. The molecule has 1 aromatic heterocycles. The monoisotopic (exact) mass is 300 g/mol. The van der Waals surface area contributed by atoms with Crippen molar-refractivity contribution < 1.29 is 4.79 Å². The third-order valence-corrected chi connectivity index (χ3v) is 5.10. The molecule has 2 aromatic rings. The van der Waals surface area contributed by atoms with Crippen LogP contribution in [0, 0.1) is 0 Å². The number of nitrogens with one attached hydrogen (secondary N) is 2. The first-order valence-corrected chi connectivity index (χ1v) is 8.27. The third-order valence-electron chi connectivity index (χ3n) is 3.87. The molecular weight excluding hydrogens is 280 g/mol. The quantitative estimate of drug-likeness (QED) is 0.911. The van der Waals surface area contributed by atoms with Gasteiger partial charge in [-0.25, -0.2) is 0 Å². The minimum absolute atomic E-state index is 0.0419. The van der Waals surface area contributed by atoms with E-state index in [1.807, 2.05) is 12.1 Å². The molecule has 3 nitrogen and oxygen atoms in total. The molecule has 0 saturated carbocycles. The van der Waals surface area contributed by atoms with Crippen LogP contribution in [0.1, 0.15) is 38.2 Å². The van der Waals surface area contributed by atoms with Gasteiger partial charge < -0.3 is 10.6 Å². The van der Waals surface area contributed by atoms with Crippen LogP contribution < -0.4 is 10.6 Å². The Morgan fingerprint density at radius 2 is 2.14 bits per heavy atom. The summed E-state index contributed by atoms with van der Waals surface area (Å²) in [6, 6.07) is 10.3. The number of rotatable bonds is 4. The molecule has 0 radical (unpaired) electrons. The standard InChI is InChI=1S/C17H20N2OS/c1-2-13-6-7-14(21-13)11-19-17(20)16-5-3-4-12-10-18-9-8-15(12)16/h3-7,18H,2,8-11H2,1H3,(H,19,20). The van der Waals surface area contributed by atoms with E-state index in [1.165, 1.54) is 20.9 Å². The molecule has 0 atom stereocenters. The summed E-state index contributed by atoms with van der Waals surface area (Å²) in [5.41, 5.74) is 3.29.